The van der Waals surface area contributed by atoms with Gasteiger partial charge in [0.2, 0.25) is 0 Å². The van der Waals surface area contributed by atoms with Crippen LogP contribution in [-0.2, 0) is 0 Å². The van der Waals surface area contributed by atoms with Gasteiger partial charge in [-0.15, -0.1) is 0 Å². The van der Waals surface area contributed by atoms with Gasteiger partial charge < -0.3 is 9.05 Å². The third-order valence-corrected chi connectivity index (χ3v) is 4.83. The van der Waals surface area contributed by atoms with Gasteiger partial charge in [-0.3, -0.25) is 0 Å². The second-order valence-electron chi connectivity index (χ2n) is 5.72. The van der Waals surface area contributed by atoms with Crippen LogP contribution in [0.1, 0.15) is 25.0 Å². The Bertz CT molecular complexity index is 499. The van der Waals surface area contributed by atoms with E-state index in [-0.39, 0.29) is 0 Å². The van der Waals surface area contributed by atoms with Crippen LogP contribution in [0, 0.1) is 19.8 Å². The molecule has 0 aliphatic heterocycles. The summed E-state index contributed by atoms with van der Waals surface area (Å²) in [5.41, 5.74) is 2.46. The van der Waals surface area contributed by atoms with E-state index in [1.807, 2.05) is 24.3 Å². The second-order valence-corrected chi connectivity index (χ2v) is 7.11. The molecule has 0 amide bonds. The van der Waals surface area contributed by atoms with Crippen molar-refractivity contribution in [3.05, 3.63) is 59.7 Å². The number of rotatable bonds is 6. The summed E-state index contributed by atoms with van der Waals surface area (Å²) in [4.78, 5) is 0. The molecular formula is C18H23O2P. The molecule has 0 aromatic heterocycles. The Labute approximate surface area is 129 Å². The number of aryl methyl sites for hydroxylation is 2. The first-order valence-corrected chi connectivity index (χ1v) is 8.66. The van der Waals surface area contributed by atoms with Crippen molar-refractivity contribution < 1.29 is 9.05 Å². The lowest BCUT2D eigenvalue weighted by Crippen LogP contribution is -2.04. The lowest BCUT2D eigenvalue weighted by atomic mass is 10.2. The van der Waals surface area contributed by atoms with Crippen LogP contribution in [0.25, 0.3) is 0 Å². The van der Waals surface area contributed by atoms with Crippen molar-refractivity contribution >= 4 is 8.38 Å². The molecule has 0 radical (unpaired) electrons. The molecule has 2 nitrogen and oxygen atoms in total. The fourth-order valence-electron chi connectivity index (χ4n) is 1.82. The van der Waals surface area contributed by atoms with E-state index in [1.165, 1.54) is 11.1 Å². The molecule has 0 fully saturated rings. The number of benzene rings is 2. The highest BCUT2D eigenvalue weighted by molar-refractivity contribution is 7.48. The van der Waals surface area contributed by atoms with Crippen molar-refractivity contribution in [2.75, 3.05) is 6.16 Å². The maximum absolute atomic E-state index is 6.06. The summed E-state index contributed by atoms with van der Waals surface area (Å²) in [7, 11) is -0.972. The molecule has 2 aromatic rings. The van der Waals surface area contributed by atoms with Crippen LogP contribution in [0.3, 0.4) is 0 Å². The predicted octanol–water partition coefficient (Wildman–Crippen LogP) is 5.73. The van der Waals surface area contributed by atoms with Crippen molar-refractivity contribution in [2.24, 2.45) is 5.92 Å². The molecule has 0 bridgehead atoms. The maximum atomic E-state index is 6.06. The Balaban J connectivity index is 2.06. The lowest BCUT2D eigenvalue weighted by Gasteiger charge is -2.20. The summed E-state index contributed by atoms with van der Waals surface area (Å²) < 4.78 is 12.1. The highest BCUT2D eigenvalue weighted by Gasteiger charge is 2.16. The molecule has 112 valence electrons. The van der Waals surface area contributed by atoms with Crippen LogP contribution < -0.4 is 9.05 Å². The molecule has 0 aliphatic carbocycles. The summed E-state index contributed by atoms with van der Waals surface area (Å²) in [5, 5.41) is 0. The molecule has 0 atom stereocenters. The van der Waals surface area contributed by atoms with Crippen LogP contribution >= 0.6 is 8.38 Å². The molecular weight excluding hydrogens is 279 g/mol. The predicted molar refractivity (Wildman–Crippen MR) is 90.2 cm³/mol. The Morgan fingerprint density at radius 1 is 0.762 bits per heavy atom. The van der Waals surface area contributed by atoms with E-state index < -0.39 is 8.38 Å². The number of hydrogen-bond acceptors (Lipinski definition) is 2. The Morgan fingerprint density at radius 2 is 1.14 bits per heavy atom. The summed E-state index contributed by atoms with van der Waals surface area (Å²) in [6.07, 6.45) is 0.914. The van der Waals surface area contributed by atoms with E-state index in [1.54, 1.807) is 0 Å². The summed E-state index contributed by atoms with van der Waals surface area (Å²) in [6.45, 7) is 8.52. The summed E-state index contributed by atoms with van der Waals surface area (Å²) >= 11 is 0. The van der Waals surface area contributed by atoms with Crippen molar-refractivity contribution in [1.82, 2.24) is 0 Å². The minimum absolute atomic E-state index is 0.534. The molecule has 2 rings (SSSR count). The average molecular weight is 302 g/mol. The molecule has 0 heterocycles. The first-order chi connectivity index (χ1) is 10.0. The van der Waals surface area contributed by atoms with Gasteiger partial charge in [-0.1, -0.05) is 49.2 Å². The van der Waals surface area contributed by atoms with Gasteiger partial charge in [0, 0.05) is 6.16 Å². The number of hydrogen-bond donors (Lipinski definition) is 0. The zero-order valence-electron chi connectivity index (χ0n) is 13.2. The molecule has 3 heteroatoms. The van der Waals surface area contributed by atoms with Gasteiger partial charge in [0.15, 0.2) is 0 Å². The van der Waals surface area contributed by atoms with E-state index in [4.69, 9.17) is 9.05 Å². The second kappa shape index (κ2) is 7.47. The Morgan fingerprint density at radius 3 is 1.48 bits per heavy atom. The van der Waals surface area contributed by atoms with Gasteiger partial charge in [-0.25, -0.2) is 0 Å². The molecule has 0 saturated carbocycles. The SMILES string of the molecule is Cc1ccc(OP(CC(C)C)Oc2ccc(C)cc2)cc1. The third kappa shape index (κ3) is 5.40. The monoisotopic (exact) mass is 302 g/mol. The van der Waals surface area contributed by atoms with Crippen molar-refractivity contribution in [2.45, 2.75) is 27.7 Å². The van der Waals surface area contributed by atoms with Crippen LogP contribution in [0.5, 0.6) is 11.5 Å². The van der Waals surface area contributed by atoms with Crippen molar-refractivity contribution in [3.63, 3.8) is 0 Å². The van der Waals surface area contributed by atoms with Gasteiger partial charge in [0.05, 0.1) is 0 Å². The molecule has 2 aromatic carbocycles. The largest absolute Gasteiger partial charge is 0.439 e. The topological polar surface area (TPSA) is 18.5 Å². The van der Waals surface area contributed by atoms with Crippen molar-refractivity contribution in [3.8, 4) is 11.5 Å². The van der Waals surface area contributed by atoms with E-state index >= 15 is 0 Å². The normalized spacial score (nSPS) is 11.0. The van der Waals surface area contributed by atoms with E-state index in [0.717, 1.165) is 17.7 Å². The van der Waals surface area contributed by atoms with Gasteiger partial charge in [0.25, 0.3) is 8.38 Å². The zero-order chi connectivity index (χ0) is 15.2. The molecule has 0 unspecified atom stereocenters. The minimum Gasteiger partial charge on any atom is -0.439 e. The van der Waals surface area contributed by atoms with Crippen LogP contribution in [0.2, 0.25) is 0 Å². The van der Waals surface area contributed by atoms with Gasteiger partial charge in [-0.2, -0.15) is 0 Å². The Kier molecular flexibility index (Phi) is 5.64. The standard InChI is InChI=1S/C18H23O2P/c1-14(2)13-21(19-17-9-5-15(3)6-10-17)20-18-11-7-16(4)8-12-18/h5-12,14H,13H2,1-4H3. The van der Waals surface area contributed by atoms with E-state index in [2.05, 4.69) is 52.0 Å². The minimum atomic E-state index is -0.972. The average Bonchev–Trinajstić information content (AvgIpc) is 2.43. The smallest absolute Gasteiger partial charge is 0.290 e. The third-order valence-electron chi connectivity index (χ3n) is 2.97. The summed E-state index contributed by atoms with van der Waals surface area (Å²) in [5.74, 6) is 2.28. The molecule has 0 saturated heterocycles. The molecule has 0 aliphatic rings. The first-order valence-electron chi connectivity index (χ1n) is 7.30. The molecule has 21 heavy (non-hydrogen) atoms. The first kappa shape index (κ1) is 15.9. The fraction of sp³-hybridized carbons (Fsp3) is 0.333. The quantitative estimate of drug-likeness (QED) is 0.634. The van der Waals surface area contributed by atoms with E-state index in [0.29, 0.717) is 5.92 Å². The van der Waals surface area contributed by atoms with Gasteiger partial charge in [-0.05, 0) is 44.0 Å². The van der Waals surface area contributed by atoms with Crippen LogP contribution in [-0.4, -0.2) is 6.16 Å². The highest BCUT2D eigenvalue weighted by Crippen LogP contribution is 2.42. The van der Waals surface area contributed by atoms with Gasteiger partial charge in [0.1, 0.15) is 11.5 Å². The van der Waals surface area contributed by atoms with Gasteiger partial charge >= 0.3 is 0 Å². The molecule has 0 N–H and O–H groups in total. The fourth-order valence-corrected chi connectivity index (χ4v) is 3.32. The van der Waals surface area contributed by atoms with Crippen molar-refractivity contribution in [1.29, 1.82) is 0 Å². The maximum Gasteiger partial charge on any atom is 0.290 e. The molecule has 0 spiro atoms. The van der Waals surface area contributed by atoms with Crippen LogP contribution in [0.4, 0.5) is 0 Å². The Hall–Kier alpha value is -1.53. The lowest BCUT2D eigenvalue weighted by molar-refractivity contribution is 0.479. The van der Waals surface area contributed by atoms with Crippen LogP contribution in [0.15, 0.2) is 48.5 Å². The zero-order valence-corrected chi connectivity index (χ0v) is 14.1. The summed E-state index contributed by atoms with van der Waals surface area (Å²) in [6, 6.07) is 16.3. The van der Waals surface area contributed by atoms with E-state index in [9.17, 15) is 0 Å². The highest BCUT2D eigenvalue weighted by atomic mass is 31.2.